The largest absolute Gasteiger partial charge is 0.507 e. The van der Waals surface area contributed by atoms with E-state index in [1.165, 1.54) is 4.90 Å². The van der Waals surface area contributed by atoms with E-state index in [1.807, 2.05) is 31.2 Å². The van der Waals surface area contributed by atoms with Crippen LogP contribution in [0.2, 0.25) is 0 Å². The number of pyridine rings is 1. The van der Waals surface area contributed by atoms with Crippen LogP contribution in [0.3, 0.4) is 0 Å². The van der Waals surface area contributed by atoms with Crippen LogP contribution in [-0.2, 0) is 9.59 Å². The van der Waals surface area contributed by atoms with Crippen LogP contribution in [-0.4, -0.2) is 28.4 Å². The van der Waals surface area contributed by atoms with Crippen molar-refractivity contribution >= 4 is 23.1 Å². The molecule has 2 heterocycles. The van der Waals surface area contributed by atoms with Crippen molar-refractivity contribution in [2.45, 2.75) is 46.6 Å². The van der Waals surface area contributed by atoms with Crippen LogP contribution in [0.1, 0.15) is 62.0 Å². The monoisotopic (exact) mass is 484 g/mol. The van der Waals surface area contributed by atoms with Gasteiger partial charge in [-0.25, -0.2) is 0 Å². The molecule has 1 N–H and O–H groups in total. The van der Waals surface area contributed by atoms with Crippen molar-refractivity contribution in [1.29, 1.82) is 0 Å². The minimum Gasteiger partial charge on any atom is -0.507 e. The van der Waals surface area contributed by atoms with Crippen LogP contribution in [0.25, 0.3) is 5.76 Å². The van der Waals surface area contributed by atoms with E-state index in [-0.39, 0.29) is 11.3 Å². The van der Waals surface area contributed by atoms with E-state index in [2.05, 4.69) is 32.7 Å². The zero-order valence-electron chi connectivity index (χ0n) is 21.4. The van der Waals surface area contributed by atoms with Crippen molar-refractivity contribution < 1.29 is 19.4 Å². The molecule has 186 valence electrons. The minimum absolute atomic E-state index is 0.0156. The number of hydrogen-bond acceptors (Lipinski definition) is 5. The Morgan fingerprint density at radius 3 is 2.33 bits per heavy atom. The topological polar surface area (TPSA) is 79.7 Å². The number of hydrogen-bond donors (Lipinski definition) is 1. The number of carbonyl (C=O) groups excluding carboxylic acids is 2. The SMILES string of the molecule is Cc1cc(/C(O)=C2/C(=O)C(=O)N(c3ccc(C(C)C)cc3)C2c2ccccn2)ccc1OCC(C)C. The molecule has 1 aliphatic rings. The van der Waals surface area contributed by atoms with Crippen molar-refractivity contribution in [3.05, 3.63) is 94.8 Å². The fourth-order valence-corrected chi connectivity index (χ4v) is 4.31. The van der Waals surface area contributed by atoms with E-state index in [1.54, 1.807) is 42.6 Å². The lowest BCUT2D eigenvalue weighted by atomic mass is 9.97. The number of anilines is 1. The van der Waals surface area contributed by atoms with Crippen molar-refractivity contribution in [1.82, 2.24) is 4.98 Å². The number of ether oxygens (including phenoxy) is 1. The molecule has 6 heteroatoms. The van der Waals surface area contributed by atoms with Gasteiger partial charge in [0, 0.05) is 17.4 Å². The van der Waals surface area contributed by atoms with Crippen molar-refractivity contribution in [2.75, 3.05) is 11.5 Å². The maximum absolute atomic E-state index is 13.3. The number of amides is 1. The number of ketones is 1. The summed E-state index contributed by atoms with van der Waals surface area (Å²) in [7, 11) is 0. The Kier molecular flexibility index (Phi) is 7.25. The molecule has 1 atom stereocenters. The van der Waals surface area contributed by atoms with Crippen LogP contribution in [0.4, 0.5) is 5.69 Å². The van der Waals surface area contributed by atoms with E-state index < -0.39 is 17.7 Å². The Morgan fingerprint density at radius 1 is 1.03 bits per heavy atom. The van der Waals surface area contributed by atoms with E-state index in [0.29, 0.717) is 41.1 Å². The quantitative estimate of drug-likeness (QED) is 0.246. The average Bonchev–Trinajstić information content (AvgIpc) is 3.13. The van der Waals surface area contributed by atoms with Gasteiger partial charge in [-0.05, 0) is 72.4 Å². The Bertz CT molecular complexity index is 1290. The molecule has 0 radical (unpaired) electrons. The van der Waals surface area contributed by atoms with Crippen LogP contribution < -0.4 is 9.64 Å². The number of Topliss-reactive ketones (excluding diaryl/α,β-unsaturated/α-hetero) is 1. The molecule has 1 unspecified atom stereocenters. The van der Waals surface area contributed by atoms with Gasteiger partial charge < -0.3 is 9.84 Å². The first-order chi connectivity index (χ1) is 17.2. The van der Waals surface area contributed by atoms with Gasteiger partial charge in [-0.1, -0.05) is 45.9 Å². The Hall–Kier alpha value is -3.93. The van der Waals surface area contributed by atoms with Crippen LogP contribution in [0.15, 0.2) is 72.4 Å². The molecular weight excluding hydrogens is 452 g/mol. The van der Waals surface area contributed by atoms with Gasteiger partial charge in [-0.3, -0.25) is 19.5 Å². The molecule has 1 amide bonds. The summed E-state index contributed by atoms with van der Waals surface area (Å²) < 4.78 is 5.85. The second-order valence-electron chi connectivity index (χ2n) is 9.86. The number of carbonyl (C=O) groups is 2. The molecule has 0 aliphatic carbocycles. The zero-order valence-corrected chi connectivity index (χ0v) is 21.4. The summed E-state index contributed by atoms with van der Waals surface area (Å²) in [5.74, 6) is -0.249. The van der Waals surface area contributed by atoms with Crippen molar-refractivity contribution in [2.24, 2.45) is 5.92 Å². The maximum Gasteiger partial charge on any atom is 0.300 e. The number of aromatic nitrogens is 1. The van der Waals surface area contributed by atoms with Gasteiger partial charge in [0.1, 0.15) is 17.6 Å². The highest BCUT2D eigenvalue weighted by molar-refractivity contribution is 6.51. The number of rotatable bonds is 7. The molecule has 6 nitrogen and oxygen atoms in total. The van der Waals surface area contributed by atoms with Gasteiger partial charge in [0.05, 0.1) is 17.9 Å². The Morgan fingerprint density at radius 2 is 1.75 bits per heavy atom. The lowest BCUT2D eigenvalue weighted by molar-refractivity contribution is -0.132. The van der Waals surface area contributed by atoms with Crippen LogP contribution in [0, 0.1) is 12.8 Å². The molecule has 1 aliphatic heterocycles. The molecule has 0 spiro atoms. The normalized spacial score (nSPS) is 17.3. The zero-order chi connectivity index (χ0) is 26.0. The second kappa shape index (κ2) is 10.4. The maximum atomic E-state index is 13.3. The molecule has 4 rings (SSSR count). The first-order valence-electron chi connectivity index (χ1n) is 12.2. The summed E-state index contributed by atoms with van der Waals surface area (Å²) in [6, 6.07) is 17.3. The summed E-state index contributed by atoms with van der Waals surface area (Å²) in [6.07, 6.45) is 1.61. The molecule has 2 aromatic carbocycles. The predicted octanol–water partition coefficient (Wildman–Crippen LogP) is 6.17. The molecule has 3 aromatic rings. The molecule has 36 heavy (non-hydrogen) atoms. The van der Waals surface area contributed by atoms with Gasteiger partial charge in [0.25, 0.3) is 11.7 Å². The Balaban J connectivity index is 1.81. The van der Waals surface area contributed by atoms with Crippen LogP contribution >= 0.6 is 0 Å². The van der Waals surface area contributed by atoms with Gasteiger partial charge in [-0.2, -0.15) is 0 Å². The lowest BCUT2D eigenvalue weighted by Gasteiger charge is -2.25. The molecule has 0 bridgehead atoms. The highest BCUT2D eigenvalue weighted by Gasteiger charge is 2.47. The highest BCUT2D eigenvalue weighted by Crippen LogP contribution is 2.42. The summed E-state index contributed by atoms with van der Waals surface area (Å²) in [4.78, 5) is 32.5. The lowest BCUT2D eigenvalue weighted by Crippen LogP contribution is -2.29. The van der Waals surface area contributed by atoms with Crippen LogP contribution in [0.5, 0.6) is 5.75 Å². The van der Waals surface area contributed by atoms with E-state index >= 15 is 0 Å². The van der Waals surface area contributed by atoms with Gasteiger partial charge in [0.15, 0.2) is 0 Å². The number of nitrogens with zero attached hydrogens (tertiary/aromatic N) is 2. The molecule has 0 saturated carbocycles. The summed E-state index contributed by atoms with van der Waals surface area (Å²) in [5, 5.41) is 11.4. The number of aliphatic hydroxyl groups is 1. The average molecular weight is 485 g/mol. The van der Waals surface area contributed by atoms with E-state index in [9.17, 15) is 14.7 Å². The number of aryl methyl sites for hydroxylation is 1. The predicted molar refractivity (Wildman–Crippen MR) is 141 cm³/mol. The molecule has 1 fully saturated rings. The van der Waals surface area contributed by atoms with Gasteiger partial charge >= 0.3 is 0 Å². The Labute approximate surface area is 212 Å². The highest BCUT2D eigenvalue weighted by atomic mass is 16.5. The van der Waals surface area contributed by atoms with E-state index in [0.717, 1.165) is 11.1 Å². The molecule has 1 aromatic heterocycles. The third kappa shape index (κ3) is 4.89. The third-order valence-corrected chi connectivity index (χ3v) is 6.27. The molecular formula is C30H32N2O4. The second-order valence-corrected chi connectivity index (χ2v) is 9.86. The summed E-state index contributed by atoms with van der Waals surface area (Å²) in [6.45, 7) is 10.8. The summed E-state index contributed by atoms with van der Waals surface area (Å²) in [5.41, 5.74) is 3.48. The smallest absolute Gasteiger partial charge is 0.300 e. The van der Waals surface area contributed by atoms with Gasteiger partial charge in [-0.15, -0.1) is 0 Å². The standard InChI is InChI=1S/C30H32N2O4/c1-18(2)17-36-25-14-11-22(16-20(25)5)28(33)26-27(24-8-6-7-15-31-24)32(30(35)29(26)34)23-12-9-21(10-13-23)19(3)4/h6-16,18-19,27,33H,17H2,1-5H3/b28-26-. The first kappa shape index (κ1) is 25.2. The van der Waals surface area contributed by atoms with Crippen molar-refractivity contribution in [3.8, 4) is 5.75 Å². The minimum atomic E-state index is -0.853. The molecule has 1 saturated heterocycles. The first-order valence-corrected chi connectivity index (χ1v) is 12.2. The third-order valence-electron chi connectivity index (χ3n) is 6.27. The van der Waals surface area contributed by atoms with Crippen molar-refractivity contribution in [3.63, 3.8) is 0 Å². The number of benzene rings is 2. The van der Waals surface area contributed by atoms with Gasteiger partial charge in [0.2, 0.25) is 0 Å². The number of aliphatic hydroxyl groups excluding tert-OH is 1. The fraction of sp³-hybridized carbons (Fsp3) is 0.300. The van der Waals surface area contributed by atoms with E-state index in [4.69, 9.17) is 4.74 Å². The summed E-state index contributed by atoms with van der Waals surface area (Å²) >= 11 is 0. The fourth-order valence-electron chi connectivity index (χ4n) is 4.31.